The maximum atomic E-state index is 11.8. The van der Waals surface area contributed by atoms with E-state index in [-0.39, 0.29) is 12.3 Å². The SMILES string of the molecule is CCOC(=O)c1nn(-c2ccccc2)c(=O)cc1O. The summed E-state index contributed by atoms with van der Waals surface area (Å²) >= 11 is 0. The lowest BCUT2D eigenvalue weighted by molar-refractivity contribution is 0.0513. The third-order valence-electron chi connectivity index (χ3n) is 2.38. The molecule has 0 saturated carbocycles. The maximum Gasteiger partial charge on any atom is 0.362 e. The van der Waals surface area contributed by atoms with Gasteiger partial charge in [-0.15, -0.1) is 0 Å². The number of aromatic nitrogens is 2. The van der Waals surface area contributed by atoms with Crippen LogP contribution < -0.4 is 5.56 Å². The lowest BCUT2D eigenvalue weighted by Gasteiger charge is -2.07. The molecule has 6 nitrogen and oxygen atoms in total. The molecule has 0 aliphatic carbocycles. The van der Waals surface area contributed by atoms with E-state index < -0.39 is 17.3 Å². The van der Waals surface area contributed by atoms with Gasteiger partial charge in [0.05, 0.1) is 12.3 Å². The Bertz CT molecular complexity index is 649. The summed E-state index contributed by atoms with van der Waals surface area (Å²) in [5.74, 6) is -1.26. The van der Waals surface area contributed by atoms with Gasteiger partial charge in [-0.3, -0.25) is 4.79 Å². The summed E-state index contributed by atoms with van der Waals surface area (Å²) in [7, 11) is 0. The average Bonchev–Trinajstić information content (AvgIpc) is 2.40. The van der Waals surface area contributed by atoms with Gasteiger partial charge in [-0.25, -0.2) is 4.79 Å². The van der Waals surface area contributed by atoms with Crippen LogP contribution in [0.5, 0.6) is 5.75 Å². The van der Waals surface area contributed by atoms with Crippen molar-refractivity contribution in [3.63, 3.8) is 0 Å². The zero-order valence-corrected chi connectivity index (χ0v) is 10.2. The van der Waals surface area contributed by atoms with Crippen molar-refractivity contribution in [3.8, 4) is 11.4 Å². The second-order valence-corrected chi connectivity index (χ2v) is 3.68. The Morgan fingerprint density at radius 1 is 1.37 bits per heavy atom. The van der Waals surface area contributed by atoms with Crippen LogP contribution in [-0.4, -0.2) is 27.5 Å². The molecule has 2 aromatic rings. The topological polar surface area (TPSA) is 81.4 Å². The molecule has 1 heterocycles. The molecule has 0 spiro atoms. The fraction of sp³-hybridized carbons (Fsp3) is 0.154. The van der Waals surface area contributed by atoms with Crippen molar-refractivity contribution in [1.82, 2.24) is 9.78 Å². The molecule has 0 aliphatic rings. The zero-order valence-electron chi connectivity index (χ0n) is 10.2. The first-order valence-electron chi connectivity index (χ1n) is 5.69. The molecule has 0 aliphatic heterocycles. The summed E-state index contributed by atoms with van der Waals surface area (Å²) in [5, 5.41) is 13.4. The summed E-state index contributed by atoms with van der Waals surface area (Å²) in [6.07, 6.45) is 0. The second-order valence-electron chi connectivity index (χ2n) is 3.68. The number of benzene rings is 1. The van der Waals surface area contributed by atoms with Gasteiger partial charge in [0.15, 0.2) is 5.75 Å². The van der Waals surface area contributed by atoms with Crippen LogP contribution in [0.2, 0.25) is 0 Å². The molecule has 19 heavy (non-hydrogen) atoms. The number of hydrogen-bond acceptors (Lipinski definition) is 5. The van der Waals surface area contributed by atoms with Crippen molar-refractivity contribution in [2.75, 3.05) is 6.61 Å². The number of aromatic hydroxyl groups is 1. The van der Waals surface area contributed by atoms with Gasteiger partial charge < -0.3 is 9.84 Å². The van der Waals surface area contributed by atoms with Gasteiger partial charge in [-0.05, 0) is 19.1 Å². The maximum absolute atomic E-state index is 11.8. The molecular weight excluding hydrogens is 248 g/mol. The molecule has 0 saturated heterocycles. The van der Waals surface area contributed by atoms with Gasteiger partial charge >= 0.3 is 5.97 Å². The van der Waals surface area contributed by atoms with Crippen molar-refractivity contribution in [2.24, 2.45) is 0 Å². The molecule has 0 fully saturated rings. The van der Waals surface area contributed by atoms with Crippen LogP contribution in [0, 0.1) is 0 Å². The number of carbonyl (C=O) groups is 1. The van der Waals surface area contributed by atoms with E-state index in [9.17, 15) is 14.7 Å². The third kappa shape index (κ3) is 2.62. The number of rotatable bonds is 3. The van der Waals surface area contributed by atoms with E-state index >= 15 is 0 Å². The molecule has 0 bridgehead atoms. The van der Waals surface area contributed by atoms with Crippen LogP contribution in [0.3, 0.4) is 0 Å². The largest absolute Gasteiger partial charge is 0.505 e. The first kappa shape index (κ1) is 12.8. The Morgan fingerprint density at radius 2 is 2.05 bits per heavy atom. The van der Waals surface area contributed by atoms with E-state index in [0.29, 0.717) is 5.69 Å². The van der Waals surface area contributed by atoms with Crippen molar-refractivity contribution >= 4 is 5.97 Å². The van der Waals surface area contributed by atoms with E-state index in [1.807, 2.05) is 0 Å². The van der Waals surface area contributed by atoms with Gasteiger partial charge in [0, 0.05) is 6.07 Å². The molecule has 1 aromatic heterocycles. The van der Waals surface area contributed by atoms with Crippen molar-refractivity contribution < 1.29 is 14.6 Å². The van der Waals surface area contributed by atoms with Crippen LogP contribution in [0.25, 0.3) is 5.69 Å². The molecule has 98 valence electrons. The fourth-order valence-corrected chi connectivity index (χ4v) is 1.55. The lowest BCUT2D eigenvalue weighted by Crippen LogP contribution is -2.23. The van der Waals surface area contributed by atoms with E-state index in [1.54, 1.807) is 37.3 Å². The van der Waals surface area contributed by atoms with E-state index in [2.05, 4.69) is 5.10 Å². The Kier molecular flexibility index (Phi) is 3.61. The van der Waals surface area contributed by atoms with Crippen LogP contribution in [-0.2, 0) is 4.74 Å². The third-order valence-corrected chi connectivity index (χ3v) is 2.38. The Hall–Kier alpha value is -2.63. The van der Waals surface area contributed by atoms with Crippen molar-refractivity contribution in [1.29, 1.82) is 0 Å². The molecule has 0 atom stereocenters. The zero-order chi connectivity index (χ0) is 13.8. The minimum atomic E-state index is -0.773. The van der Waals surface area contributed by atoms with Gasteiger partial charge in [0.1, 0.15) is 0 Å². The highest BCUT2D eigenvalue weighted by molar-refractivity contribution is 5.89. The monoisotopic (exact) mass is 260 g/mol. The summed E-state index contributed by atoms with van der Waals surface area (Å²) in [5.41, 5.74) is -0.319. The minimum absolute atomic E-state index is 0.157. The first-order valence-corrected chi connectivity index (χ1v) is 5.69. The van der Waals surface area contributed by atoms with Crippen LogP contribution >= 0.6 is 0 Å². The summed E-state index contributed by atoms with van der Waals surface area (Å²) in [6, 6.07) is 9.54. The van der Waals surface area contributed by atoms with Crippen LogP contribution in [0.15, 0.2) is 41.2 Å². The molecule has 0 amide bonds. The van der Waals surface area contributed by atoms with Crippen molar-refractivity contribution in [2.45, 2.75) is 6.92 Å². The predicted molar refractivity (Wildman–Crippen MR) is 67.5 cm³/mol. The Labute approximate surface area is 108 Å². The summed E-state index contributed by atoms with van der Waals surface area (Å²) in [4.78, 5) is 23.4. The Balaban J connectivity index is 2.55. The van der Waals surface area contributed by atoms with Gasteiger partial charge in [0.25, 0.3) is 5.56 Å². The highest BCUT2D eigenvalue weighted by atomic mass is 16.5. The number of para-hydroxylation sites is 1. The molecule has 0 radical (unpaired) electrons. The lowest BCUT2D eigenvalue weighted by atomic mass is 10.3. The highest BCUT2D eigenvalue weighted by Crippen LogP contribution is 2.13. The molecule has 0 unspecified atom stereocenters. The fourth-order valence-electron chi connectivity index (χ4n) is 1.55. The van der Waals surface area contributed by atoms with Crippen LogP contribution in [0.1, 0.15) is 17.4 Å². The number of ether oxygens (including phenoxy) is 1. The first-order chi connectivity index (χ1) is 9.13. The number of esters is 1. The normalized spacial score (nSPS) is 10.2. The van der Waals surface area contributed by atoms with E-state index in [0.717, 1.165) is 10.7 Å². The van der Waals surface area contributed by atoms with Crippen LogP contribution in [0.4, 0.5) is 0 Å². The standard InChI is InChI=1S/C13H12N2O4/c1-2-19-13(18)12-10(16)8-11(17)15(14-12)9-6-4-3-5-7-9/h3-8,16H,2H2,1H3. The summed E-state index contributed by atoms with van der Waals surface area (Å²) < 4.78 is 5.80. The number of nitrogens with zero attached hydrogens (tertiary/aromatic N) is 2. The number of hydrogen-bond donors (Lipinski definition) is 1. The van der Waals surface area contributed by atoms with Crippen molar-refractivity contribution in [3.05, 3.63) is 52.4 Å². The molecule has 1 aromatic carbocycles. The second kappa shape index (κ2) is 5.34. The van der Waals surface area contributed by atoms with Gasteiger partial charge in [0.2, 0.25) is 5.69 Å². The van der Waals surface area contributed by atoms with Gasteiger partial charge in [-0.2, -0.15) is 9.78 Å². The Morgan fingerprint density at radius 3 is 2.68 bits per heavy atom. The molecule has 2 rings (SSSR count). The van der Waals surface area contributed by atoms with Gasteiger partial charge in [-0.1, -0.05) is 18.2 Å². The summed E-state index contributed by atoms with van der Waals surface area (Å²) in [6.45, 7) is 1.80. The minimum Gasteiger partial charge on any atom is -0.505 e. The molecule has 6 heteroatoms. The highest BCUT2D eigenvalue weighted by Gasteiger charge is 2.17. The predicted octanol–water partition coefficient (Wildman–Crippen LogP) is 1.11. The molecule has 1 N–H and O–H groups in total. The number of carbonyl (C=O) groups excluding carboxylic acids is 1. The molecular formula is C13H12N2O4. The van der Waals surface area contributed by atoms with E-state index in [4.69, 9.17) is 4.74 Å². The average molecular weight is 260 g/mol. The van der Waals surface area contributed by atoms with E-state index in [1.165, 1.54) is 0 Å². The smallest absolute Gasteiger partial charge is 0.362 e. The quantitative estimate of drug-likeness (QED) is 0.836.